The van der Waals surface area contributed by atoms with Crippen molar-refractivity contribution in [3.8, 4) is 5.69 Å². The van der Waals surface area contributed by atoms with Gasteiger partial charge in [-0.05, 0) is 29.0 Å². The molecule has 0 saturated carbocycles. The van der Waals surface area contributed by atoms with Crippen molar-refractivity contribution in [2.75, 3.05) is 0 Å². The minimum absolute atomic E-state index is 0.0588. The maximum absolute atomic E-state index is 8.87. The number of pyridine rings is 1. The number of rotatable bonds is 2. The number of hydrogen-bond donors (Lipinski definition) is 1. The van der Waals surface area contributed by atoms with E-state index in [4.69, 9.17) is 5.11 Å². The largest absolute Gasteiger partial charge is 0.390 e. The highest BCUT2D eigenvalue weighted by molar-refractivity contribution is 5.37. The van der Waals surface area contributed by atoms with Crippen LogP contribution in [0.5, 0.6) is 0 Å². The molecule has 0 unspecified atom stereocenters. The van der Waals surface area contributed by atoms with Crippen molar-refractivity contribution in [1.82, 2.24) is 25.2 Å². The topological polar surface area (TPSA) is 76.7 Å². The highest BCUT2D eigenvalue weighted by Gasteiger charge is 2.03. The molecule has 2 rings (SSSR count). The van der Waals surface area contributed by atoms with Gasteiger partial charge in [0.2, 0.25) is 0 Å². The monoisotopic (exact) mass is 191 g/mol. The Morgan fingerprint density at radius 3 is 2.93 bits per heavy atom. The lowest BCUT2D eigenvalue weighted by Gasteiger charge is -2.04. The zero-order valence-electron chi connectivity index (χ0n) is 7.62. The normalized spacial score (nSPS) is 10.4. The van der Waals surface area contributed by atoms with E-state index in [1.807, 2.05) is 6.92 Å². The lowest BCUT2D eigenvalue weighted by atomic mass is 10.2. The van der Waals surface area contributed by atoms with Crippen LogP contribution in [0, 0.1) is 6.92 Å². The Balaban J connectivity index is 2.46. The van der Waals surface area contributed by atoms with Gasteiger partial charge in [-0.2, -0.15) is 4.68 Å². The Hall–Kier alpha value is -1.82. The molecule has 0 spiro atoms. The molecular weight excluding hydrogens is 182 g/mol. The molecule has 72 valence electrons. The second-order valence-corrected chi connectivity index (χ2v) is 2.87. The second kappa shape index (κ2) is 3.51. The van der Waals surface area contributed by atoms with E-state index in [-0.39, 0.29) is 6.61 Å². The molecule has 0 radical (unpaired) electrons. The fourth-order valence-corrected chi connectivity index (χ4v) is 1.20. The van der Waals surface area contributed by atoms with Crippen LogP contribution in [0.3, 0.4) is 0 Å². The zero-order chi connectivity index (χ0) is 9.97. The molecule has 2 heterocycles. The average Bonchev–Trinajstić information content (AvgIpc) is 2.70. The summed E-state index contributed by atoms with van der Waals surface area (Å²) in [5, 5.41) is 19.7. The van der Waals surface area contributed by atoms with Gasteiger partial charge in [0.25, 0.3) is 0 Å². The average molecular weight is 191 g/mol. The second-order valence-electron chi connectivity index (χ2n) is 2.87. The first-order chi connectivity index (χ1) is 6.81. The van der Waals surface area contributed by atoms with E-state index < -0.39 is 0 Å². The van der Waals surface area contributed by atoms with Crippen LogP contribution in [-0.4, -0.2) is 30.3 Å². The van der Waals surface area contributed by atoms with E-state index in [1.165, 1.54) is 11.0 Å². The first kappa shape index (κ1) is 8.76. The Bertz CT molecular complexity index is 425. The van der Waals surface area contributed by atoms with Gasteiger partial charge in [0.15, 0.2) is 0 Å². The number of hydrogen-bond acceptors (Lipinski definition) is 5. The third-order valence-electron chi connectivity index (χ3n) is 1.90. The Kier molecular flexibility index (Phi) is 2.19. The van der Waals surface area contributed by atoms with E-state index >= 15 is 0 Å². The van der Waals surface area contributed by atoms with E-state index in [0.29, 0.717) is 5.69 Å². The minimum atomic E-state index is -0.0588. The van der Waals surface area contributed by atoms with Crippen molar-refractivity contribution in [3.63, 3.8) is 0 Å². The summed E-state index contributed by atoms with van der Waals surface area (Å²) < 4.78 is 1.53. The van der Waals surface area contributed by atoms with E-state index in [9.17, 15) is 0 Å². The number of tetrazole rings is 1. The molecule has 14 heavy (non-hydrogen) atoms. The fraction of sp³-hybridized carbons (Fsp3) is 0.250. The van der Waals surface area contributed by atoms with Crippen LogP contribution in [0.25, 0.3) is 5.69 Å². The number of aryl methyl sites for hydroxylation is 1. The van der Waals surface area contributed by atoms with Gasteiger partial charge in [0.1, 0.15) is 6.33 Å². The van der Waals surface area contributed by atoms with E-state index in [2.05, 4.69) is 20.5 Å². The quantitative estimate of drug-likeness (QED) is 0.714. The maximum Gasteiger partial charge on any atom is 0.143 e. The number of aromatic nitrogens is 5. The number of aliphatic hydroxyl groups is 1. The van der Waals surface area contributed by atoms with Gasteiger partial charge in [-0.1, -0.05) is 0 Å². The van der Waals surface area contributed by atoms with Crippen LogP contribution in [0.2, 0.25) is 0 Å². The summed E-state index contributed by atoms with van der Waals surface area (Å²) in [6, 6.07) is 1.80. The molecule has 0 aliphatic rings. The summed E-state index contributed by atoms with van der Waals surface area (Å²) in [5.74, 6) is 0. The highest BCUT2D eigenvalue weighted by atomic mass is 16.3. The third-order valence-corrected chi connectivity index (χ3v) is 1.90. The molecule has 1 N–H and O–H groups in total. The molecule has 0 bridgehead atoms. The fourth-order valence-electron chi connectivity index (χ4n) is 1.20. The van der Waals surface area contributed by atoms with Crippen molar-refractivity contribution < 1.29 is 5.11 Å². The molecule has 6 heteroatoms. The van der Waals surface area contributed by atoms with Crippen LogP contribution in [-0.2, 0) is 6.61 Å². The Morgan fingerprint density at radius 1 is 1.50 bits per heavy atom. The first-order valence-electron chi connectivity index (χ1n) is 4.11. The van der Waals surface area contributed by atoms with Crippen LogP contribution in [0.4, 0.5) is 0 Å². The summed E-state index contributed by atoms with van der Waals surface area (Å²) in [6.07, 6.45) is 3.14. The van der Waals surface area contributed by atoms with Crippen molar-refractivity contribution in [3.05, 3.63) is 29.8 Å². The summed E-state index contributed by atoms with van der Waals surface area (Å²) in [5.41, 5.74) is 2.42. The van der Waals surface area contributed by atoms with Gasteiger partial charge in [-0.25, -0.2) is 0 Å². The summed E-state index contributed by atoms with van der Waals surface area (Å²) >= 11 is 0. The molecule has 0 aliphatic heterocycles. The van der Waals surface area contributed by atoms with Crippen LogP contribution in [0.1, 0.15) is 11.3 Å². The predicted molar refractivity (Wildman–Crippen MR) is 47.6 cm³/mol. The van der Waals surface area contributed by atoms with Crippen molar-refractivity contribution in [1.29, 1.82) is 0 Å². The lowest BCUT2D eigenvalue weighted by molar-refractivity contribution is 0.276. The predicted octanol–water partition coefficient (Wildman–Crippen LogP) is -0.142. The minimum Gasteiger partial charge on any atom is -0.390 e. The van der Waals surface area contributed by atoms with Gasteiger partial charge in [0, 0.05) is 0 Å². The number of aliphatic hydroxyl groups excluding tert-OH is 1. The van der Waals surface area contributed by atoms with Crippen molar-refractivity contribution >= 4 is 0 Å². The van der Waals surface area contributed by atoms with Crippen molar-refractivity contribution in [2.24, 2.45) is 0 Å². The maximum atomic E-state index is 8.87. The molecule has 6 nitrogen and oxygen atoms in total. The van der Waals surface area contributed by atoms with Crippen LogP contribution < -0.4 is 0 Å². The molecule has 0 amide bonds. The zero-order valence-corrected chi connectivity index (χ0v) is 7.62. The molecule has 0 atom stereocenters. The highest BCUT2D eigenvalue weighted by Crippen LogP contribution is 2.11. The Morgan fingerprint density at radius 2 is 2.36 bits per heavy atom. The number of nitrogens with zero attached hydrogens (tertiary/aromatic N) is 5. The van der Waals surface area contributed by atoms with E-state index in [0.717, 1.165) is 11.3 Å². The molecular formula is C8H9N5O. The van der Waals surface area contributed by atoms with Gasteiger partial charge >= 0.3 is 0 Å². The van der Waals surface area contributed by atoms with Crippen LogP contribution >= 0.6 is 0 Å². The summed E-state index contributed by atoms with van der Waals surface area (Å²) in [4.78, 5) is 4.05. The summed E-state index contributed by atoms with van der Waals surface area (Å²) in [6.45, 7) is 1.86. The van der Waals surface area contributed by atoms with Crippen molar-refractivity contribution in [2.45, 2.75) is 13.5 Å². The van der Waals surface area contributed by atoms with Crippen LogP contribution in [0.15, 0.2) is 18.6 Å². The standard InChI is InChI=1S/C8H9N5O/c1-6-2-7(4-14)9-3-8(6)13-5-10-11-12-13/h2-3,5,14H,4H2,1H3. The third kappa shape index (κ3) is 1.47. The Labute approximate surface area is 80.2 Å². The molecule has 0 fully saturated rings. The molecule has 2 aromatic heterocycles. The lowest BCUT2D eigenvalue weighted by Crippen LogP contribution is -2.01. The van der Waals surface area contributed by atoms with Gasteiger partial charge in [-0.15, -0.1) is 5.10 Å². The molecule has 0 aliphatic carbocycles. The summed E-state index contributed by atoms with van der Waals surface area (Å²) in [7, 11) is 0. The van der Waals surface area contributed by atoms with E-state index in [1.54, 1.807) is 12.3 Å². The van der Waals surface area contributed by atoms with Gasteiger partial charge in [0.05, 0.1) is 24.2 Å². The molecule has 0 saturated heterocycles. The molecule has 0 aromatic carbocycles. The smallest absolute Gasteiger partial charge is 0.143 e. The SMILES string of the molecule is Cc1cc(CO)ncc1-n1cnnn1. The van der Waals surface area contributed by atoms with Gasteiger partial charge < -0.3 is 5.11 Å². The molecule has 2 aromatic rings. The first-order valence-corrected chi connectivity index (χ1v) is 4.11. The van der Waals surface area contributed by atoms with Gasteiger partial charge in [-0.3, -0.25) is 4.98 Å².